The summed E-state index contributed by atoms with van der Waals surface area (Å²) in [6.45, 7) is 7.81. The minimum Gasteiger partial charge on any atom is -0.481 e. The lowest BCUT2D eigenvalue weighted by molar-refractivity contribution is -0.143. The van der Waals surface area contributed by atoms with Gasteiger partial charge in [0.25, 0.3) is 0 Å². The summed E-state index contributed by atoms with van der Waals surface area (Å²) >= 11 is 0. The Labute approximate surface area is 110 Å². The first-order valence-corrected chi connectivity index (χ1v) is 6.83. The molecule has 0 radical (unpaired) electrons. The van der Waals surface area contributed by atoms with Crippen LogP contribution >= 0.6 is 0 Å². The van der Waals surface area contributed by atoms with Crippen LogP contribution in [0.5, 0.6) is 0 Å². The molecule has 0 aromatic carbocycles. The predicted octanol–water partition coefficient (Wildman–Crippen LogP) is 2.28. The molecule has 0 amide bonds. The highest BCUT2D eigenvalue weighted by Gasteiger charge is 2.23. The molecular weight excluding hydrogens is 232 g/mol. The Hall–Kier alpha value is -0.610. The quantitative estimate of drug-likeness (QED) is 0.594. The maximum absolute atomic E-state index is 11.1. The highest BCUT2D eigenvalue weighted by atomic mass is 16.4. The lowest BCUT2D eigenvalue weighted by Crippen LogP contribution is -2.24. The van der Waals surface area contributed by atoms with Crippen LogP contribution in [0.3, 0.4) is 0 Å². The van der Waals surface area contributed by atoms with Crippen molar-refractivity contribution in [2.75, 3.05) is 0 Å². The Balaban J connectivity index is 4.10. The molecule has 0 rings (SSSR count). The minimum atomic E-state index is -0.841. The van der Waals surface area contributed by atoms with Gasteiger partial charge in [-0.05, 0) is 37.5 Å². The minimum absolute atomic E-state index is 0.170. The third kappa shape index (κ3) is 7.67. The van der Waals surface area contributed by atoms with Gasteiger partial charge in [0.1, 0.15) is 0 Å². The van der Waals surface area contributed by atoms with Crippen molar-refractivity contribution in [2.45, 2.75) is 65.6 Å². The topological polar surface area (TPSA) is 77.8 Å². The van der Waals surface area contributed by atoms with E-state index in [4.69, 9.17) is 5.11 Å². The summed E-state index contributed by atoms with van der Waals surface area (Å²) in [5.41, 5.74) is 0. The van der Waals surface area contributed by atoms with Crippen LogP contribution in [0, 0.1) is 17.8 Å². The van der Waals surface area contributed by atoms with Crippen molar-refractivity contribution in [3.05, 3.63) is 0 Å². The van der Waals surface area contributed by atoms with Crippen LogP contribution in [0.25, 0.3) is 0 Å². The zero-order valence-corrected chi connectivity index (χ0v) is 12.0. The fourth-order valence-electron chi connectivity index (χ4n) is 2.01. The number of aliphatic hydroxyl groups excluding tert-OH is 2. The Morgan fingerprint density at radius 3 is 1.94 bits per heavy atom. The largest absolute Gasteiger partial charge is 0.481 e. The Morgan fingerprint density at radius 1 is 1.00 bits per heavy atom. The number of aliphatic hydroxyl groups is 2. The van der Waals surface area contributed by atoms with E-state index < -0.39 is 24.1 Å². The van der Waals surface area contributed by atoms with E-state index in [-0.39, 0.29) is 12.3 Å². The fraction of sp³-hybridized carbons (Fsp3) is 0.929. The van der Waals surface area contributed by atoms with Crippen LogP contribution < -0.4 is 0 Å². The van der Waals surface area contributed by atoms with E-state index in [1.807, 2.05) is 27.7 Å². The molecular formula is C14H28O4. The second-order valence-electron chi connectivity index (χ2n) is 5.94. The number of carbonyl (C=O) groups is 1. The van der Waals surface area contributed by atoms with Crippen LogP contribution in [0.1, 0.15) is 53.4 Å². The monoisotopic (exact) mass is 260 g/mol. The lowest BCUT2D eigenvalue weighted by atomic mass is 9.90. The number of rotatable bonds is 9. The van der Waals surface area contributed by atoms with Gasteiger partial charge in [0.15, 0.2) is 0 Å². The third-order valence-electron chi connectivity index (χ3n) is 3.23. The Morgan fingerprint density at radius 2 is 1.56 bits per heavy atom. The smallest absolute Gasteiger partial charge is 0.306 e. The second-order valence-corrected chi connectivity index (χ2v) is 5.94. The van der Waals surface area contributed by atoms with E-state index in [1.165, 1.54) is 0 Å². The molecule has 4 heteroatoms. The van der Waals surface area contributed by atoms with Gasteiger partial charge in [-0.25, -0.2) is 0 Å². The summed E-state index contributed by atoms with van der Waals surface area (Å²) in [6.07, 6.45) is 0.775. The number of hydrogen-bond acceptors (Lipinski definition) is 3. The van der Waals surface area contributed by atoms with Crippen molar-refractivity contribution in [3.8, 4) is 0 Å². The number of hydrogen-bond donors (Lipinski definition) is 3. The second kappa shape index (κ2) is 8.48. The Bertz CT molecular complexity index is 238. The van der Waals surface area contributed by atoms with Crippen LogP contribution in [0.4, 0.5) is 0 Å². The van der Waals surface area contributed by atoms with Gasteiger partial charge in [-0.15, -0.1) is 0 Å². The summed E-state index contributed by atoms with van der Waals surface area (Å²) < 4.78 is 0. The first-order chi connectivity index (χ1) is 8.23. The van der Waals surface area contributed by atoms with Crippen molar-refractivity contribution in [3.63, 3.8) is 0 Å². The summed E-state index contributed by atoms with van der Waals surface area (Å²) in [7, 11) is 0. The van der Waals surface area contributed by atoms with Gasteiger partial charge in [0, 0.05) is 0 Å². The number of carboxylic acid groups (broad SMARTS) is 1. The van der Waals surface area contributed by atoms with E-state index in [9.17, 15) is 15.0 Å². The van der Waals surface area contributed by atoms with Gasteiger partial charge in [-0.3, -0.25) is 4.79 Å². The zero-order valence-electron chi connectivity index (χ0n) is 12.0. The summed E-state index contributed by atoms with van der Waals surface area (Å²) in [4.78, 5) is 11.1. The van der Waals surface area contributed by atoms with E-state index >= 15 is 0 Å². The molecule has 0 spiro atoms. The van der Waals surface area contributed by atoms with E-state index in [2.05, 4.69) is 0 Å². The lowest BCUT2D eigenvalue weighted by Gasteiger charge is -2.20. The van der Waals surface area contributed by atoms with Crippen molar-refractivity contribution < 1.29 is 20.1 Å². The van der Waals surface area contributed by atoms with Crippen LogP contribution in [-0.2, 0) is 4.79 Å². The molecule has 3 N–H and O–H groups in total. The fourth-order valence-corrected chi connectivity index (χ4v) is 2.01. The number of aliphatic carboxylic acids is 1. The Kier molecular flexibility index (Phi) is 8.20. The molecule has 0 fully saturated rings. The molecule has 0 heterocycles. The number of carboxylic acids is 1. The molecule has 0 aliphatic rings. The standard InChI is InChI=1S/C14H28O4/c1-9(2)7-11(14(17)18)8-12(15)5-6-13(16)10(3)4/h9-13,15-16H,5-8H2,1-4H3,(H,17,18). The van der Waals surface area contributed by atoms with Gasteiger partial charge in [-0.1, -0.05) is 27.7 Å². The van der Waals surface area contributed by atoms with Gasteiger partial charge in [-0.2, -0.15) is 0 Å². The molecule has 4 nitrogen and oxygen atoms in total. The summed E-state index contributed by atoms with van der Waals surface area (Å²) in [5.74, 6) is -0.856. The molecule has 0 saturated heterocycles. The predicted molar refractivity (Wildman–Crippen MR) is 71.3 cm³/mol. The summed E-state index contributed by atoms with van der Waals surface area (Å²) in [6, 6.07) is 0. The first-order valence-electron chi connectivity index (χ1n) is 6.83. The average molecular weight is 260 g/mol. The molecule has 0 bridgehead atoms. The average Bonchev–Trinajstić information content (AvgIpc) is 2.23. The molecule has 0 aromatic rings. The van der Waals surface area contributed by atoms with Crippen molar-refractivity contribution in [2.24, 2.45) is 17.8 Å². The van der Waals surface area contributed by atoms with Crippen LogP contribution in [0.2, 0.25) is 0 Å². The highest BCUT2D eigenvalue weighted by molar-refractivity contribution is 5.69. The van der Waals surface area contributed by atoms with Crippen molar-refractivity contribution in [1.82, 2.24) is 0 Å². The van der Waals surface area contributed by atoms with Gasteiger partial charge >= 0.3 is 5.97 Å². The maximum atomic E-state index is 11.1. The van der Waals surface area contributed by atoms with E-state index in [0.717, 1.165) is 0 Å². The van der Waals surface area contributed by atoms with Crippen molar-refractivity contribution >= 4 is 5.97 Å². The molecule has 3 unspecified atom stereocenters. The van der Waals surface area contributed by atoms with Gasteiger partial charge < -0.3 is 15.3 Å². The molecule has 3 atom stereocenters. The van der Waals surface area contributed by atoms with E-state index in [0.29, 0.717) is 25.2 Å². The van der Waals surface area contributed by atoms with Crippen LogP contribution in [0.15, 0.2) is 0 Å². The molecule has 18 heavy (non-hydrogen) atoms. The third-order valence-corrected chi connectivity index (χ3v) is 3.23. The van der Waals surface area contributed by atoms with Gasteiger partial charge in [0.05, 0.1) is 18.1 Å². The molecule has 0 aliphatic heterocycles. The van der Waals surface area contributed by atoms with Crippen molar-refractivity contribution in [1.29, 1.82) is 0 Å². The molecule has 0 aliphatic carbocycles. The normalized spacial score (nSPS) is 16.9. The molecule has 0 aromatic heterocycles. The SMILES string of the molecule is CC(C)CC(CC(O)CCC(O)C(C)C)C(=O)O. The highest BCUT2D eigenvalue weighted by Crippen LogP contribution is 2.20. The van der Waals surface area contributed by atoms with Gasteiger partial charge in [0.2, 0.25) is 0 Å². The maximum Gasteiger partial charge on any atom is 0.306 e. The summed E-state index contributed by atoms with van der Waals surface area (Å²) in [5, 5.41) is 28.6. The van der Waals surface area contributed by atoms with E-state index in [1.54, 1.807) is 0 Å². The van der Waals surface area contributed by atoms with Crippen LogP contribution in [-0.4, -0.2) is 33.5 Å². The zero-order chi connectivity index (χ0) is 14.3. The molecule has 108 valence electrons. The first kappa shape index (κ1) is 17.4. The molecule has 0 saturated carbocycles.